The van der Waals surface area contributed by atoms with E-state index in [1.807, 2.05) is 12.1 Å². The van der Waals surface area contributed by atoms with Crippen LogP contribution in [0.1, 0.15) is 6.42 Å². The molecule has 1 unspecified atom stereocenters. The van der Waals surface area contributed by atoms with E-state index in [0.29, 0.717) is 24.0 Å². The Morgan fingerprint density at radius 1 is 1.56 bits per heavy atom. The van der Waals surface area contributed by atoms with Crippen molar-refractivity contribution in [2.75, 3.05) is 24.3 Å². The van der Waals surface area contributed by atoms with Crippen LogP contribution in [0.3, 0.4) is 0 Å². The molecule has 1 amide bonds. The van der Waals surface area contributed by atoms with E-state index >= 15 is 0 Å². The third kappa shape index (κ3) is 2.16. The van der Waals surface area contributed by atoms with Crippen molar-refractivity contribution >= 4 is 38.3 Å². The molecule has 1 atom stereocenters. The Morgan fingerprint density at radius 2 is 2.44 bits per heavy atom. The molecule has 1 fully saturated rings. The first-order chi connectivity index (χ1) is 8.72. The van der Waals surface area contributed by atoms with E-state index in [9.17, 15) is 4.79 Å². The van der Waals surface area contributed by atoms with Crippen LogP contribution >= 0.6 is 11.3 Å². The van der Waals surface area contributed by atoms with Gasteiger partial charge in [0.15, 0.2) is 5.13 Å². The molecule has 0 saturated carbocycles. The van der Waals surface area contributed by atoms with Crippen molar-refractivity contribution in [3.63, 3.8) is 0 Å². The van der Waals surface area contributed by atoms with Crippen molar-refractivity contribution in [3.8, 4) is 0 Å². The lowest BCUT2D eigenvalue weighted by Crippen LogP contribution is -2.22. The number of benzene rings is 1. The molecule has 0 bridgehead atoms. The van der Waals surface area contributed by atoms with E-state index in [1.165, 1.54) is 11.3 Å². The zero-order chi connectivity index (χ0) is 12.5. The predicted octanol–water partition coefficient (Wildman–Crippen LogP) is 1.85. The quantitative estimate of drug-likeness (QED) is 0.811. The highest BCUT2D eigenvalue weighted by molar-refractivity contribution is 7.22. The third-order valence-electron chi connectivity index (χ3n) is 2.94. The van der Waals surface area contributed by atoms with E-state index in [1.54, 1.807) is 6.07 Å². The predicted molar refractivity (Wildman–Crippen MR) is 71.6 cm³/mol. The van der Waals surface area contributed by atoms with Crippen LogP contribution in [0.15, 0.2) is 18.2 Å². The van der Waals surface area contributed by atoms with Crippen molar-refractivity contribution in [1.29, 1.82) is 0 Å². The molecule has 0 aliphatic carbocycles. The van der Waals surface area contributed by atoms with Crippen molar-refractivity contribution in [1.82, 2.24) is 4.98 Å². The highest BCUT2D eigenvalue weighted by Gasteiger charge is 2.24. The summed E-state index contributed by atoms with van der Waals surface area (Å²) >= 11 is 1.43. The molecule has 94 valence electrons. The van der Waals surface area contributed by atoms with E-state index < -0.39 is 0 Å². The number of hydrogen-bond donors (Lipinski definition) is 2. The second kappa shape index (κ2) is 4.55. The van der Waals surface area contributed by atoms with Crippen molar-refractivity contribution in [2.24, 2.45) is 5.92 Å². The van der Waals surface area contributed by atoms with E-state index in [0.717, 1.165) is 16.6 Å². The largest absolute Gasteiger partial charge is 0.399 e. The molecule has 18 heavy (non-hydrogen) atoms. The van der Waals surface area contributed by atoms with Gasteiger partial charge in [0.05, 0.1) is 22.7 Å². The monoisotopic (exact) mass is 263 g/mol. The lowest BCUT2D eigenvalue weighted by molar-refractivity contribution is -0.119. The number of thiazole rings is 1. The highest BCUT2D eigenvalue weighted by Crippen LogP contribution is 2.28. The van der Waals surface area contributed by atoms with Gasteiger partial charge >= 0.3 is 0 Å². The molecule has 0 radical (unpaired) electrons. The van der Waals surface area contributed by atoms with Gasteiger partial charge in [-0.1, -0.05) is 11.3 Å². The van der Waals surface area contributed by atoms with Gasteiger partial charge in [0.1, 0.15) is 0 Å². The van der Waals surface area contributed by atoms with Crippen LogP contribution in [0.5, 0.6) is 0 Å². The minimum Gasteiger partial charge on any atom is -0.399 e. The number of carbonyl (C=O) groups is 1. The molecular weight excluding hydrogens is 250 g/mol. The number of anilines is 2. The van der Waals surface area contributed by atoms with Gasteiger partial charge in [0.25, 0.3) is 0 Å². The number of ether oxygens (including phenoxy) is 1. The van der Waals surface area contributed by atoms with Crippen LogP contribution in [-0.4, -0.2) is 24.1 Å². The molecule has 1 aliphatic rings. The first kappa shape index (κ1) is 11.4. The highest BCUT2D eigenvalue weighted by atomic mass is 32.1. The summed E-state index contributed by atoms with van der Waals surface area (Å²) in [5.41, 5.74) is 7.26. The number of nitrogen functional groups attached to an aromatic ring is 1. The first-order valence-electron chi connectivity index (χ1n) is 5.77. The van der Waals surface area contributed by atoms with Crippen molar-refractivity contribution in [3.05, 3.63) is 18.2 Å². The summed E-state index contributed by atoms with van der Waals surface area (Å²) in [6.45, 7) is 1.16. The van der Waals surface area contributed by atoms with Crippen LogP contribution in [-0.2, 0) is 9.53 Å². The molecule has 1 aromatic heterocycles. The Morgan fingerprint density at radius 3 is 3.22 bits per heavy atom. The van der Waals surface area contributed by atoms with Gasteiger partial charge in [-0.05, 0) is 24.6 Å². The van der Waals surface area contributed by atoms with Crippen molar-refractivity contribution < 1.29 is 9.53 Å². The average Bonchev–Trinajstić information content (AvgIpc) is 2.95. The molecule has 3 rings (SSSR count). The van der Waals surface area contributed by atoms with Crippen molar-refractivity contribution in [2.45, 2.75) is 6.42 Å². The second-order valence-corrected chi connectivity index (χ2v) is 5.33. The third-order valence-corrected chi connectivity index (χ3v) is 3.88. The number of carbonyl (C=O) groups excluding carboxylic acids is 1. The van der Waals surface area contributed by atoms with Gasteiger partial charge in [0, 0.05) is 12.3 Å². The van der Waals surface area contributed by atoms with E-state index in [2.05, 4.69) is 10.3 Å². The van der Waals surface area contributed by atoms with E-state index in [-0.39, 0.29) is 11.8 Å². The van der Waals surface area contributed by atoms with Gasteiger partial charge < -0.3 is 15.8 Å². The molecule has 6 heteroatoms. The fourth-order valence-electron chi connectivity index (χ4n) is 1.94. The first-order valence-corrected chi connectivity index (χ1v) is 6.59. The minimum atomic E-state index is -0.0536. The van der Waals surface area contributed by atoms with Crippen LogP contribution < -0.4 is 11.1 Å². The summed E-state index contributed by atoms with van der Waals surface area (Å²) < 4.78 is 6.18. The topological polar surface area (TPSA) is 77.2 Å². The maximum atomic E-state index is 11.9. The Bertz CT molecular complexity index is 590. The zero-order valence-corrected chi connectivity index (χ0v) is 10.5. The molecular formula is C12H13N3O2S. The minimum absolute atomic E-state index is 0.0143. The normalized spacial score (nSPS) is 19.2. The molecule has 2 aromatic rings. The zero-order valence-electron chi connectivity index (χ0n) is 9.68. The van der Waals surface area contributed by atoms with Crippen LogP contribution in [0, 0.1) is 5.92 Å². The Kier molecular flexibility index (Phi) is 2.89. The number of amides is 1. The smallest absolute Gasteiger partial charge is 0.231 e. The fourth-order valence-corrected chi connectivity index (χ4v) is 2.86. The Labute approximate surface area is 108 Å². The maximum absolute atomic E-state index is 11.9. The fraction of sp³-hybridized carbons (Fsp3) is 0.333. The van der Waals surface area contributed by atoms with Crippen LogP contribution in [0.25, 0.3) is 10.2 Å². The van der Waals surface area contributed by atoms with Gasteiger partial charge in [0.2, 0.25) is 5.91 Å². The summed E-state index contributed by atoms with van der Waals surface area (Å²) in [6.07, 6.45) is 0.781. The number of nitrogens with one attached hydrogen (secondary N) is 1. The van der Waals surface area contributed by atoms with Gasteiger partial charge in [-0.15, -0.1) is 0 Å². The summed E-state index contributed by atoms with van der Waals surface area (Å²) in [7, 11) is 0. The number of aromatic nitrogens is 1. The molecule has 1 saturated heterocycles. The van der Waals surface area contributed by atoms with Gasteiger partial charge in [-0.3, -0.25) is 4.79 Å². The number of nitrogens with two attached hydrogens (primary N) is 1. The standard InChI is InChI=1S/C12H13N3O2S/c13-8-1-2-9-10(5-8)18-12(14-9)15-11(16)7-3-4-17-6-7/h1-2,5,7H,3-4,6,13H2,(H,14,15,16). The summed E-state index contributed by atoms with van der Waals surface area (Å²) in [5, 5.41) is 3.46. The number of rotatable bonds is 2. The lowest BCUT2D eigenvalue weighted by atomic mass is 10.1. The SMILES string of the molecule is Nc1ccc2nc(NC(=O)C3CCOC3)sc2c1. The molecule has 1 aliphatic heterocycles. The molecule has 0 spiro atoms. The number of nitrogens with zero attached hydrogens (tertiary/aromatic N) is 1. The van der Waals surface area contributed by atoms with Gasteiger partial charge in [-0.2, -0.15) is 0 Å². The molecule has 1 aromatic carbocycles. The van der Waals surface area contributed by atoms with Gasteiger partial charge in [-0.25, -0.2) is 4.98 Å². The number of fused-ring (bicyclic) bond motifs is 1. The Balaban J connectivity index is 1.79. The molecule has 3 N–H and O–H groups in total. The summed E-state index contributed by atoms with van der Waals surface area (Å²) in [4.78, 5) is 16.3. The Hall–Kier alpha value is -1.66. The molecule has 5 nitrogen and oxygen atoms in total. The lowest BCUT2D eigenvalue weighted by Gasteiger charge is -2.05. The maximum Gasteiger partial charge on any atom is 0.231 e. The average molecular weight is 263 g/mol. The number of hydrogen-bond acceptors (Lipinski definition) is 5. The summed E-state index contributed by atoms with van der Waals surface area (Å²) in [6, 6.07) is 5.52. The summed E-state index contributed by atoms with van der Waals surface area (Å²) in [5.74, 6) is -0.0680. The second-order valence-electron chi connectivity index (χ2n) is 4.30. The van der Waals surface area contributed by atoms with Crippen LogP contribution in [0.4, 0.5) is 10.8 Å². The molecule has 2 heterocycles. The van der Waals surface area contributed by atoms with Crippen LogP contribution in [0.2, 0.25) is 0 Å². The van der Waals surface area contributed by atoms with E-state index in [4.69, 9.17) is 10.5 Å².